The van der Waals surface area contributed by atoms with E-state index >= 15 is 0 Å². The van der Waals surface area contributed by atoms with Gasteiger partial charge in [0.25, 0.3) is 5.91 Å². The molecule has 0 aromatic heterocycles. The van der Waals surface area contributed by atoms with Crippen molar-refractivity contribution in [3.8, 4) is 0 Å². The molecule has 1 amide bonds. The summed E-state index contributed by atoms with van der Waals surface area (Å²) in [6.07, 6.45) is 0.940. The number of hydrogen-bond acceptors (Lipinski definition) is 4. The fourth-order valence-electron chi connectivity index (χ4n) is 3.18. The number of benzene rings is 2. The monoisotopic (exact) mass is 372 g/mol. The Morgan fingerprint density at radius 2 is 1.77 bits per heavy atom. The zero-order valence-electron chi connectivity index (χ0n) is 14.9. The van der Waals surface area contributed by atoms with E-state index in [9.17, 15) is 13.2 Å². The molecule has 138 valence electrons. The Bertz CT molecular complexity index is 874. The Morgan fingerprint density at radius 1 is 1.12 bits per heavy atom. The molecule has 1 aliphatic rings. The van der Waals surface area contributed by atoms with E-state index in [0.29, 0.717) is 35.0 Å². The van der Waals surface area contributed by atoms with Gasteiger partial charge in [0, 0.05) is 18.7 Å². The topological polar surface area (TPSA) is 80.5 Å². The second-order valence-electron chi connectivity index (χ2n) is 6.91. The van der Waals surface area contributed by atoms with Crippen molar-refractivity contribution in [2.75, 3.05) is 19.6 Å². The van der Waals surface area contributed by atoms with E-state index in [1.807, 2.05) is 11.8 Å². The number of carbonyl (C=O) groups excluding carboxylic acids is 1. The lowest BCUT2D eigenvalue weighted by atomic mass is 10.1. The van der Waals surface area contributed by atoms with Gasteiger partial charge in [-0.1, -0.05) is 29.8 Å². The summed E-state index contributed by atoms with van der Waals surface area (Å²) in [5.41, 5.74) is 7.95. The van der Waals surface area contributed by atoms with Crippen LogP contribution in [-0.2, 0) is 15.6 Å². The fraction of sp³-hybridized carbons (Fsp3) is 0.350. The Labute approximate surface area is 154 Å². The molecule has 1 saturated heterocycles. The zero-order chi connectivity index (χ0) is 18.7. The number of aryl methyl sites for hydroxylation is 1. The molecule has 26 heavy (non-hydrogen) atoms. The third kappa shape index (κ3) is 4.14. The standard InChI is InChI=1S/C20H24N2O3S/c1-15-2-8-19(9-3-15)26(24,25)14-16-4-6-18(7-5-16)20(23)22-11-10-17(12-21)13-22/h2-9,17H,10-14,21H2,1H3. The lowest BCUT2D eigenvalue weighted by Crippen LogP contribution is -2.29. The molecule has 0 aliphatic carbocycles. The first-order valence-electron chi connectivity index (χ1n) is 8.77. The van der Waals surface area contributed by atoms with Gasteiger partial charge in [-0.05, 0) is 55.6 Å². The maximum atomic E-state index is 12.5. The minimum absolute atomic E-state index is 0.0195. The Hall–Kier alpha value is -2.18. The molecule has 0 bridgehead atoms. The SMILES string of the molecule is Cc1ccc(S(=O)(=O)Cc2ccc(C(=O)N3CCC(CN)C3)cc2)cc1. The maximum Gasteiger partial charge on any atom is 0.253 e. The third-order valence-corrected chi connectivity index (χ3v) is 6.55. The number of sulfone groups is 1. The first-order valence-corrected chi connectivity index (χ1v) is 10.4. The number of nitrogens with two attached hydrogens (primary N) is 1. The Morgan fingerprint density at radius 3 is 2.35 bits per heavy atom. The molecule has 2 aromatic carbocycles. The van der Waals surface area contributed by atoms with Gasteiger partial charge < -0.3 is 10.6 Å². The third-order valence-electron chi connectivity index (χ3n) is 4.84. The molecule has 1 aliphatic heterocycles. The summed E-state index contributed by atoms with van der Waals surface area (Å²) in [6, 6.07) is 13.7. The Balaban J connectivity index is 1.69. The lowest BCUT2D eigenvalue weighted by molar-refractivity contribution is 0.0787. The molecule has 5 nitrogen and oxygen atoms in total. The highest BCUT2D eigenvalue weighted by molar-refractivity contribution is 7.90. The van der Waals surface area contributed by atoms with Crippen LogP contribution >= 0.6 is 0 Å². The van der Waals surface area contributed by atoms with Crippen LogP contribution in [0.25, 0.3) is 0 Å². The lowest BCUT2D eigenvalue weighted by Gasteiger charge is -2.16. The molecule has 3 rings (SSSR count). The number of carbonyl (C=O) groups is 1. The first kappa shape index (κ1) is 18.6. The Kier molecular flexibility index (Phi) is 5.44. The van der Waals surface area contributed by atoms with Crippen molar-refractivity contribution in [3.05, 3.63) is 65.2 Å². The molecule has 1 heterocycles. The summed E-state index contributed by atoms with van der Waals surface area (Å²) in [4.78, 5) is 14.7. The average molecular weight is 372 g/mol. The predicted octanol–water partition coefficient (Wildman–Crippen LogP) is 2.39. The first-order chi connectivity index (χ1) is 12.4. The summed E-state index contributed by atoms with van der Waals surface area (Å²) in [7, 11) is -3.40. The highest BCUT2D eigenvalue weighted by Gasteiger charge is 2.26. The van der Waals surface area contributed by atoms with Crippen molar-refractivity contribution in [3.63, 3.8) is 0 Å². The number of nitrogens with zero attached hydrogens (tertiary/aromatic N) is 1. The van der Waals surface area contributed by atoms with Gasteiger partial charge in [0.05, 0.1) is 10.6 Å². The second-order valence-corrected chi connectivity index (χ2v) is 8.90. The molecule has 0 radical (unpaired) electrons. The van der Waals surface area contributed by atoms with E-state index in [0.717, 1.165) is 18.5 Å². The van der Waals surface area contributed by atoms with Gasteiger partial charge in [0.2, 0.25) is 0 Å². The van der Waals surface area contributed by atoms with Crippen LogP contribution in [0.3, 0.4) is 0 Å². The minimum atomic E-state index is -3.40. The number of amides is 1. The molecule has 1 atom stereocenters. The smallest absolute Gasteiger partial charge is 0.253 e. The molecular weight excluding hydrogens is 348 g/mol. The zero-order valence-corrected chi connectivity index (χ0v) is 15.7. The summed E-state index contributed by atoms with van der Waals surface area (Å²) < 4.78 is 25.0. The van der Waals surface area contributed by atoms with Crippen molar-refractivity contribution in [1.29, 1.82) is 0 Å². The van der Waals surface area contributed by atoms with Crippen LogP contribution in [0, 0.1) is 12.8 Å². The van der Waals surface area contributed by atoms with Crippen molar-refractivity contribution in [2.24, 2.45) is 11.7 Å². The molecule has 1 fully saturated rings. The number of hydrogen-bond donors (Lipinski definition) is 1. The summed E-state index contributed by atoms with van der Waals surface area (Å²) >= 11 is 0. The predicted molar refractivity (Wildman–Crippen MR) is 102 cm³/mol. The van der Waals surface area contributed by atoms with Crippen LogP contribution in [0.2, 0.25) is 0 Å². The molecule has 0 spiro atoms. The van der Waals surface area contributed by atoms with Crippen molar-refractivity contribution < 1.29 is 13.2 Å². The largest absolute Gasteiger partial charge is 0.338 e. The van der Waals surface area contributed by atoms with Crippen LogP contribution in [0.5, 0.6) is 0 Å². The van der Waals surface area contributed by atoms with Gasteiger partial charge in [-0.25, -0.2) is 8.42 Å². The molecular formula is C20H24N2O3S. The van der Waals surface area contributed by atoms with Gasteiger partial charge in [-0.3, -0.25) is 4.79 Å². The van der Waals surface area contributed by atoms with Gasteiger partial charge >= 0.3 is 0 Å². The van der Waals surface area contributed by atoms with E-state index in [1.54, 1.807) is 48.5 Å². The van der Waals surface area contributed by atoms with E-state index in [4.69, 9.17) is 5.73 Å². The molecule has 2 aromatic rings. The summed E-state index contributed by atoms with van der Waals surface area (Å²) in [5.74, 6) is 0.274. The van der Waals surface area contributed by atoms with Crippen molar-refractivity contribution >= 4 is 15.7 Å². The molecule has 6 heteroatoms. The van der Waals surface area contributed by atoms with E-state index < -0.39 is 9.84 Å². The molecule has 2 N–H and O–H groups in total. The summed E-state index contributed by atoms with van der Waals surface area (Å²) in [5, 5.41) is 0. The fourth-order valence-corrected chi connectivity index (χ4v) is 4.53. The van der Waals surface area contributed by atoms with Crippen LogP contribution in [-0.4, -0.2) is 38.9 Å². The number of rotatable bonds is 5. The van der Waals surface area contributed by atoms with Gasteiger partial charge in [0.15, 0.2) is 9.84 Å². The minimum Gasteiger partial charge on any atom is -0.338 e. The van der Waals surface area contributed by atoms with Crippen molar-refractivity contribution in [1.82, 2.24) is 4.90 Å². The second kappa shape index (κ2) is 7.60. The van der Waals surface area contributed by atoms with Gasteiger partial charge in [-0.2, -0.15) is 0 Å². The van der Waals surface area contributed by atoms with E-state index in [2.05, 4.69) is 0 Å². The molecule has 0 saturated carbocycles. The van der Waals surface area contributed by atoms with E-state index in [1.165, 1.54) is 0 Å². The normalized spacial score (nSPS) is 17.5. The molecule has 1 unspecified atom stereocenters. The quantitative estimate of drug-likeness (QED) is 0.874. The van der Waals surface area contributed by atoms with Gasteiger partial charge in [0.1, 0.15) is 0 Å². The highest BCUT2D eigenvalue weighted by atomic mass is 32.2. The van der Waals surface area contributed by atoms with Crippen LogP contribution in [0.4, 0.5) is 0 Å². The average Bonchev–Trinajstić information content (AvgIpc) is 3.11. The van der Waals surface area contributed by atoms with Crippen LogP contribution < -0.4 is 5.73 Å². The van der Waals surface area contributed by atoms with Crippen LogP contribution in [0.1, 0.15) is 27.9 Å². The van der Waals surface area contributed by atoms with E-state index in [-0.39, 0.29) is 11.7 Å². The highest BCUT2D eigenvalue weighted by Crippen LogP contribution is 2.20. The van der Waals surface area contributed by atoms with Crippen LogP contribution in [0.15, 0.2) is 53.4 Å². The maximum absolute atomic E-state index is 12.5. The summed E-state index contributed by atoms with van der Waals surface area (Å²) in [6.45, 7) is 3.94. The van der Waals surface area contributed by atoms with Crippen molar-refractivity contribution in [2.45, 2.75) is 24.0 Å². The van der Waals surface area contributed by atoms with Gasteiger partial charge in [-0.15, -0.1) is 0 Å². The number of likely N-dealkylation sites (tertiary alicyclic amines) is 1.